The molecule has 0 N–H and O–H groups in total. The molecule has 0 aliphatic rings. The third-order valence-corrected chi connectivity index (χ3v) is 0. The largest absolute Gasteiger partial charge is 0.0915 e. The Hall–Kier alpha value is 0.130. The summed E-state index contributed by atoms with van der Waals surface area (Å²) in [6.07, 6.45) is 1.50. The third-order valence-electron chi connectivity index (χ3n) is 0. The average Bonchev–Trinajstić information content (AvgIpc) is 1.39. The maximum absolute atomic E-state index is 4.85. The molecular formula is C4H10B2. The van der Waals surface area contributed by atoms with Gasteiger partial charge in [-0.15, -0.1) is 0 Å². The van der Waals surface area contributed by atoms with Crippen LogP contribution >= 0.6 is 0 Å². The van der Waals surface area contributed by atoms with Crippen molar-refractivity contribution in [1.82, 2.24) is 0 Å². The maximum atomic E-state index is 4.85. The van der Waals surface area contributed by atoms with E-state index in [1.54, 1.807) is 0 Å². The molecule has 0 saturated heterocycles. The zero-order chi connectivity index (χ0) is 5.41. The smallest absolute Gasteiger partial charge is 0.0649 e. The molecule has 0 heterocycles. The molecule has 0 unspecified atom stereocenters. The van der Waals surface area contributed by atoms with E-state index in [0.29, 0.717) is 0 Å². The van der Waals surface area contributed by atoms with Crippen molar-refractivity contribution >= 4 is 15.7 Å². The highest BCUT2D eigenvalue weighted by atomic mass is 13.2. The van der Waals surface area contributed by atoms with Gasteiger partial charge >= 0.3 is 0 Å². The first kappa shape index (κ1) is 9.46. The molecule has 2 heteroatoms. The quantitative estimate of drug-likeness (QED) is 0.383. The van der Waals surface area contributed by atoms with Crippen molar-refractivity contribution in [2.75, 3.05) is 0 Å². The van der Waals surface area contributed by atoms with Gasteiger partial charge < -0.3 is 0 Å². The Labute approximate surface area is 43.1 Å². The molecule has 6 heavy (non-hydrogen) atoms. The predicted octanol–water partition coefficient (Wildman–Crippen LogP) is 1.19. The molecule has 0 aromatic carbocycles. The van der Waals surface area contributed by atoms with Crippen LogP contribution in [0.15, 0.2) is 0 Å². The molecule has 0 spiro atoms. The van der Waals surface area contributed by atoms with Crippen molar-refractivity contribution in [1.29, 1.82) is 0 Å². The summed E-state index contributed by atoms with van der Waals surface area (Å²) in [6.45, 7) is 3.81. The topological polar surface area (TPSA) is 0 Å². The van der Waals surface area contributed by atoms with Gasteiger partial charge in [0.15, 0.2) is 0 Å². The minimum atomic E-state index is 0.750. The monoisotopic (exact) mass is 80.1 g/mol. The van der Waals surface area contributed by atoms with Crippen LogP contribution in [0.5, 0.6) is 0 Å². The van der Waals surface area contributed by atoms with Gasteiger partial charge in [-0.1, -0.05) is 26.5 Å². The summed E-state index contributed by atoms with van der Waals surface area (Å²) in [5.74, 6) is 0. The summed E-state index contributed by atoms with van der Waals surface area (Å²) in [5.41, 5.74) is 0. The molecule has 0 fully saturated rings. The second-order valence-corrected chi connectivity index (χ2v) is 0.816. The van der Waals surface area contributed by atoms with E-state index >= 15 is 0 Å². The van der Waals surface area contributed by atoms with Crippen LogP contribution in [0.25, 0.3) is 0 Å². The second-order valence-electron chi connectivity index (χ2n) is 0.816. The van der Waals surface area contributed by atoms with Crippen molar-refractivity contribution in [3.63, 3.8) is 0 Å². The molecule has 0 aliphatic carbocycles. The Morgan fingerprint density at radius 1 is 1.00 bits per heavy atom. The molecule has 0 aromatic rings. The van der Waals surface area contributed by atoms with Crippen molar-refractivity contribution in [2.24, 2.45) is 0 Å². The van der Waals surface area contributed by atoms with Gasteiger partial charge in [0.2, 0.25) is 0 Å². The normalized spacial score (nSPS) is 5.67. The Morgan fingerprint density at radius 2 is 1.00 bits per heavy atom. The first-order valence-electron chi connectivity index (χ1n) is 2.23. The van der Waals surface area contributed by atoms with Crippen LogP contribution in [0.3, 0.4) is 0 Å². The number of hydrogen-bond donors (Lipinski definition) is 0. The van der Waals surface area contributed by atoms with Gasteiger partial charge in [0.05, 0.1) is 15.7 Å². The Balaban J connectivity index is 0. The summed E-state index contributed by atoms with van der Waals surface area (Å²) in [4.78, 5) is 0. The minimum absolute atomic E-state index is 0.750. The van der Waals surface area contributed by atoms with Gasteiger partial charge in [-0.05, 0) is 0 Å². The van der Waals surface area contributed by atoms with Crippen molar-refractivity contribution in [2.45, 2.75) is 26.5 Å². The van der Waals surface area contributed by atoms with Gasteiger partial charge in [0.1, 0.15) is 0 Å². The molecule has 0 aliphatic heterocycles. The van der Waals surface area contributed by atoms with Gasteiger partial charge in [0.25, 0.3) is 0 Å². The number of hydrogen-bond acceptors (Lipinski definition) is 0. The second kappa shape index (κ2) is 19.3. The SMILES string of the molecule is [B]CC.[B]CC. The van der Waals surface area contributed by atoms with E-state index in [4.69, 9.17) is 15.7 Å². The van der Waals surface area contributed by atoms with Crippen molar-refractivity contribution in [3.8, 4) is 0 Å². The first-order chi connectivity index (χ1) is 2.83. The van der Waals surface area contributed by atoms with Crippen molar-refractivity contribution in [3.05, 3.63) is 0 Å². The van der Waals surface area contributed by atoms with Crippen LogP contribution in [0, 0.1) is 0 Å². The molecule has 0 bridgehead atoms. The fourth-order valence-corrected chi connectivity index (χ4v) is 0. The molecule has 0 rings (SSSR count). The average molecular weight is 79.7 g/mol. The van der Waals surface area contributed by atoms with E-state index in [-0.39, 0.29) is 0 Å². The summed E-state index contributed by atoms with van der Waals surface area (Å²) >= 11 is 0. The zero-order valence-corrected chi connectivity index (χ0v) is 4.57. The highest BCUT2D eigenvalue weighted by molar-refractivity contribution is 6.08. The van der Waals surface area contributed by atoms with E-state index in [9.17, 15) is 0 Å². The fourth-order valence-electron chi connectivity index (χ4n) is 0. The first-order valence-corrected chi connectivity index (χ1v) is 2.23. The lowest BCUT2D eigenvalue weighted by molar-refractivity contribution is 1.48. The zero-order valence-electron chi connectivity index (χ0n) is 4.57. The Kier molecular flexibility index (Phi) is 30.4. The maximum Gasteiger partial charge on any atom is 0.0649 e. The summed E-state index contributed by atoms with van der Waals surface area (Å²) in [7, 11) is 9.69. The lowest BCUT2D eigenvalue weighted by Crippen LogP contribution is -1.41. The fraction of sp³-hybridized carbons (Fsp3) is 1.00. The lowest BCUT2D eigenvalue weighted by Gasteiger charge is -1.46. The van der Waals surface area contributed by atoms with E-state index < -0.39 is 0 Å². The lowest BCUT2D eigenvalue weighted by atomic mass is 10.1. The van der Waals surface area contributed by atoms with Crippen LogP contribution in [-0.4, -0.2) is 15.7 Å². The molecule has 32 valence electrons. The van der Waals surface area contributed by atoms with E-state index in [0.717, 1.165) is 12.6 Å². The Morgan fingerprint density at radius 3 is 1.00 bits per heavy atom. The van der Waals surface area contributed by atoms with Gasteiger partial charge in [0, 0.05) is 0 Å². The van der Waals surface area contributed by atoms with Gasteiger partial charge in [-0.25, -0.2) is 0 Å². The summed E-state index contributed by atoms with van der Waals surface area (Å²) in [5, 5.41) is 0. The minimum Gasteiger partial charge on any atom is -0.0915 e. The van der Waals surface area contributed by atoms with E-state index in [2.05, 4.69) is 0 Å². The van der Waals surface area contributed by atoms with Crippen molar-refractivity contribution < 1.29 is 0 Å². The summed E-state index contributed by atoms with van der Waals surface area (Å²) < 4.78 is 0. The van der Waals surface area contributed by atoms with Gasteiger partial charge in [-0.3, -0.25) is 0 Å². The van der Waals surface area contributed by atoms with Crippen LogP contribution in [0.4, 0.5) is 0 Å². The molecule has 0 aromatic heterocycles. The molecule has 0 nitrogen and oxygen atoms in total. The van der Waals surface area contributed by atoms with Crippen LogP contribution in [0.2, 0.25) is 12.6 Å². The van der Waals surface area contributed by atoms with E-state index in [1.165, 1.54) is 0 Å². The van der Waals surface area contributed by atoms with Gasteiger partial charge in [-0.2, -0.15) is 0 Å². The van der Waals surface area contributed by atoms with Crippen LogP contribution < -0.4 is 0 Å². The highest BCUT2D eigenvalue weighted by Gasteiger charge is 1.37. The predicted molar refractivity (Wildman–Crippen MR) is 32.5 cm³/mol. The molecule has 0 saturated carbocycles. The molecule has 0 amide bonds. The van der Waals surface area contributed by atoms with Crippen LogP contribution in [-0.2, 0) is 0 Å². The molecule has 4 radical (unpaired) electrons. The molecular weight excluding hydrogens is 69.7 g/mol. The molecule has 0 atom stereocenters. The standard InChI is InChI=1S/2C2H5B/c2*1-2-3/h2*2H2,1H3. The van der Waals surface area contributed by atoms with E-state index in [1.807, 2.05) is 13.8 Å². The third kappa shape index (κ3) is 2400. The highest BCUT2D eigenvalue weighted by Crippen LogP contribution is 1.49. The summed E-state index contributed by atoms with van der Waals surface area (Å²) in [6, 6.07) is 0. The Bertz CT molecular complexity index is 7.51. The van der Waals surface area contributed by atoms with Crippen LogP contribution in [0.1, 0.15) is 13.8 Å². The number of rotatable bonds is 0.